The van der Waals surface area contributed by atoms with Gasteiger partial charge in [-0.1, -0.05) is 31.0 Å². The molecule has 18 heavy (non-hydrogen) atoms. The minimum absolute atomic E-state index is 0.00194. The third-order valence-corrected chi connectivity index (χ3v) is 3.85. The highest BCUT2D eigenvalue weighted by atomic mass is 79.9. The predicted octanol–water partition coefficient (Wildman–Crippen LogP) is 4.69. The van der Waals surface area contributed by atoms with Crippen LogP contribution in [-0.2, 0) is 9.53 Å². The van der Waals surface area contributed by atoms with Crippen LogP contribution in [0.4, 0.5) is 4.39 Å². The summed E-state index contributed by atoms with van der Waals surface area (Å²) in [4.78, 5) is 11.8. The summed E-state index contributed by atoms with van der Waals surface area (Å²) in [5.74, 6) is -1.56. The first kappa shape index (κ1) is 15.4. The molecule has 100 valence electrons. The topological polar surface area (TPSA) is 26.3 Å². The molecule has 0 fully saturated rings. The first-order valence-corrected chi connectivity index (χ1v) is 7.00. The van der Waals surface area contributed by atoms with Crippen molar-refractivity contribution in [2.45, 2.75) is 32.6 Å². The number of ether oxygens (including phenoxy) is 1. The van der Waals surface area contributed by atoms with Gasteiger partial charge in [0.2, 0.25) is 0 Å². The fourth-order valence-corrected chi connectivity index (χ4v) is 2.22. The molecule has 1 atom stereocenters. The molecule has 0 saturated carbocycles. The van der Waals surface area contributed by atoms with Gasteiger partial charge in [0.15, 0.2) is 0 Å². The van der Waals surface area contributed by atoms with Crippen LogP contribution in [0.1, 0.15) is 38.2 Å². The van der Waals surface area contributed by atoms with E-state index in [0.717, 1.165) is 6.42 Å². The molecule has 0 aliphatic rings. The van der Waals surface area contributed by atoms with Gasteiger partial charge in [0.1, 0.15) is 5.82 Å². The van der Waals surface area contributed by atoms with Gasteiger partial charge >= 0.3 is 5.97 Å². The smallest absolute Gasteiger partial charge is 0.313 e. The van der Waals surface area contributed by atoms with E-state index in [4.69, 9.17) is 16.3 Å². The number of rotatable bonds is 5. The molecule has 0 saturated heterocycles. The summed E-state index contributed by atoms with van der Waals surface area (Å²) in [6.45, 7) is 3.95. The number of carbonyl (C=O) groups excluding carboxylic acids is 1. The summed E-state index contributed by atoms with van der Waals surface area (Å²) in [5, 5.41) is -0.00194. The van der Waals surface area contributed by atoms with Crippen molar-refractivity contribution in [3.63, 3.8) is 0 Å². The molecule has 0 aliphatic heterocycles. The Balaban J connectivity index is 3.13. The number of halogens is 3. The SMILES string of the molecule is CCCC(C(=O)OCC)c1ccc(Br)c(Cl)c1F. The molecule has 0 bridgehead atoms. The molecule has 1 unspecified atom stereocenters. The maximum Gasteiger partial charge on any atom is 0.313 e. The van der Waals surface area contributed by atoms with Crippen molar-refractivity contribution in [2.75, 3.05) is 6.61 Å². The fraction of sp³-hybridized carbons (Fsp3) is 0.462. The van der Waals surface area contributed by atoms with Crippen LogP contribution >= 0.6 is 27.5 Å². The van der Waals surface area contributed by atoms with E-state index < -0.39 is 17.7 Å². The summed E-state index contributed by atoms with van der Waals surface area (Å²) in [5.41, 5.74) is 0.295. The zero-order valence-corrected chi connectivity index (χ0v) is 12.6. The zero-order chi connectivity index (χ0) is 13.7. The monoisotopic (exact) mass is 336 g/mol. The quantitative estimate of drug-likeness (QED) is 0.575. The number of esters is 1. The van der Waals surface area contributed by atoms with Gasteiger partial charge in [-0.25, -0.2) is 4.39 Å². The highest BCUT2D eigenvalue weighted by Gasteiger charge is 2.25. The van der Waals surface area contributed by atoms with Crippen LogP contribution in [0.2, 0.25) is 5.02 Å². The van der Waals surface area contributed by atoms with E-state index in [-0.39, 0.29) is 11.6 Å². The molecule has 5 heteroatoms. The Bertz CT molecular complexity index is 437. The second-order valence-corrected chi connectivity index (χ2v) is 5.09. The van der Waals surface area contributed by atoms with Gasteiger partial charge in [-0.15, -0.1) is 0 Å². The van der Waals surface area contributed by atoms with Crippen LogP contribution in [0.3, 0.4) is 0 Å². The normalized spacial score (nSPS) is 12.3. The van der Waals surface area contributed by atoms with E-state index >= 15 is 0 Å². The van der Waals surface area contributed by atoms with E-state index in [1.54, 1.807) is 19.1 Å². The molecule has 0 heterocycles. The van der Waals surface area contributed by atoms with Crippen molar-refractivity contribution in [3.05, 3.63) is 33.0 Å². The van der Waals surface area contributed by atoms with E-state index in [1.807, 2.05) is 6.92 Å². The molecule has 1 aromatic carbocycles. The summed E-state index contributed by atoms with van der Waals surface area (Å²) >= 11 is 8.98. The number of hydrogen-bond acceptors (Lipinski definition) is 2. The lowest BCUT2D eigenvalue weighted by molar-refractivity contribution is -0.145. The van der Waals surface area contributed by atoms with Crippen LogP contribution in [0.25, 0.3) is 0 Å². The van der Waals surface area contributed by atoms with E-state index in [1.165, 1.54) is 0 Å². The van der Waals surface area contributed by atoms with Gasteiger partial charge in [0, 0.05) is 10.0 Å². The highest BCUT2D eigenvalue weighted by molar-refractivity contribution is 9.10. The van der Waals surface area contributed by atoms with Crippen molar-refractivity contribution >= 4 is 33.5 Å². The van der Waals surface area contributed by atoms with E-state index in [2.05, 4.69) is 15.9 Å². The minimum atomic E-state index is -0.597. The molecular formula is C13H15BrClFO2. The second-order valence-electron chi connectivity index (χ2n) is 3.86. The summed E-state index contributed by atoms with van der Waals surface area (Å²) in [7, 11) is 0. The third-order valence-electron chi connectivity index (χ3n) is 2.59. The van der Waals surface area contributed by atoms with Crippen LogP contribution in [0.15, 0.2) is 16.6 Å². The van der Waals surface area contributed by atoms with E-state index in [0.29, 0.717) is 16.5 Å². The van der Waals surface area contributed by atoms with Crippen molar-refractivity contribution in [3.8, 4) is 0 Å². The van der Waals surface area contributed by atoms with Crippen molar-refractivity contribution in [2.24, 2.45) is 0 Å². The van der Waals surface area contributed by atoms with Gasteiger partial charge in [-0.05, 0) is 35.3 Å². The molecule has 2 nitrogen and oxygen atoms in total. The van der Waals surface area contributed by atoms with Crippen molar-refractivity contribution < 1.29 is 13.9 Å². The molecule has 0 spiro atoms. The maximum absolute atomic E-state index is 14.1. The number of hydrogen-bond donors (Lipinski definition) is 0. The average Bonchev–Trinajstić information content (AvgIpc) is 2.34. The summed E-state index contributed by atoms with van der Waals surface area (Å²) in [6, 6.07) is 3.21. The fourth-order valence-electron chi connectivity index (χ4n) is 1.74. The van der Waals surface area contributed by atoms with Gasteiger partial charge in [-0.2, -0.15) is 0 Å². The Morgan fingerprint density at radius 2 is 2.17 bits per heavy atom. The molecule has 0 N–H and O–H groups in total. The van der Waals surface area contributed by atoms with Crippen LogP contribution < -0.4 is 0 Å². The number of carbonyl (C=O) groups is 1. The first-order chi connectivity index (χ1) is 8.52. The van der Waals surface area contributed by atoms with E-state index in [9.17, 15) is 9.18 Å². The lowest BCUT2D eigenvalue weighted by atomic mass is 9.94. The summed E-state index contributed by atoms with van der Waals surface area (Å²) in [6.07, 6.45) is 1.30. The standard InChI is InChI=1S/C13H15BrClFO2/c1-3-5-9(13(17)18-4-2)8-6-7-10(14)11(15)12(8)16/h6-7,9H,3-5H2,1-2H3. The molecule has 0 aromatic heterocycles. The second kappa shape index (κ2) is 7.10. The lowest BCUT2D eigenvalue weighted by Crippen LogP contribution is -2.17. The largest absolute Gasteiger partial charge is 0.466 e. The van der Waals surface area contributed by atoms with Gasteiger partial charge in [0.25, 0.3) is 0 Å². The molecule has 0 aliphatic carbocycles. The summed E-state index contributed by atoms with van der Waals surface area (Å²) < 4.78 is 19.5. The lowest BCUT2D eigenvalue weighted by Gasteiger charge is -2.16. The predicted molar refractivity (Wildman–Crippen MR) is 73.4 cm³/mol. The molecule has 1 aromatic rings. The molecule has 0 radical (unpaired) electrons. The Morgan fingerprint density at radius 1 is 1.50 bits per heavy atom. The Morgan fingerprint density at radius 3 is 2.72 bits per heavy atom. The molecule has 1 rings (SSSR count). The van der Waals surface area contributed by atoms with Gasteiger partial charge in [-0.3, -0.25) is 4.79 Å². The molecule has 0 amide bonds. The Kier molecular flexibility index (Phi) is 6.09. The average molecular weight is 338 g/mol. The highest BCUT2D eigenvalue weighted by Crippen LogP contribution is 2.33. The van der Waals surface area contributed by atoms with Gasteiger partial charge in [0.05, 0.1) is 17.5 Å². The first-order valence-electron chi connectivity index (χ1n) is 5.82. The molecular weight excluding hydrogens is 322 g/mol. The van der Waals surface area contributed by atoms with Crippen LogP contribution in [0.5, 0.6) is 0 Å². The van der Waals surface area contributed by atoms with Crippen LogP contribution in [-0.4, -0.2) is 12.6 Å². The van der Waals surface area contributed by atoms with Crippen molar-refractivity contribution in [1.29, 1.82) is 0 Å². The minimum Gasteiger partial charge on any atom is -0.466 e. The van der Waals surface area contributed by atoms with Crippen LogP contribution in [0, 0.1) is 5.82 Å². The maximum atomic E-state index is 14.1. The number of benzene rings is 1. The van der Waals surface area contributed by atoms with Crippen molar-refractivity contribution in [1.82, 2.24) is 0 Å². The zero-order valence-electron chi connectivity index (χ0n) is 10.3. The van der Waals surface area contributed by atoms with Gasteiger partial charge < -0.3 is 4.74 Å². The Hall–Kier alpha value is -0.610. The third kappa shape index (κ3) is 3.45. The Labute approximate surface area is 120 Å².